The third kappa shape index (κ3) is 5.94. The zero-order valence-corrected chi connectivity index (χ0v) is 24.2. The van der Waals surface area contributed by atoms with Gasteiger partial charge in [0.1, 0.15) is 11.4 Å². The van der Waals surface area contributed by atoms with Crippen LogP contribution in [0.15, 0.2) is 12.1 Å². The Morgan fingerprint density at radius 1 is 1.12 bits per heavy atom. The Morgan fingerprint density at radius 2 is 1.85 bits per heavy atom. The molecule has 40 heavy (non-hydrogen) atoms. The lowest BCUT2D eigenvalue weighted by molar-refractivity contribution is -0.134. The minimum absolute atomic E-state index is 0.233. The number of halogens is 1. The molecule has 3 amide bonds. The van der Waals surface area contributed by atoms with Crippen LogP contribution in [0.1, 0.15) is 58.6 Å². The number of nitrogens with zero attached hydrogens (tertiary/aromatic N) is 5. The number of imide groups is 1. The zero-order chi connectivity index (χ0) is 28.8. The van der Waals surface area contributed by atoms with Crippen LogP contribution in [0.5, 0.6) is 0 Å². The van der Waals surface area contributed by atoms with Crippen LogP contribution < -0.4 is 10.2 Å². The quantitative estimate of drug-likeness (QED) is 0.577. The number of carbonyl (C=O) groups excluding carboxylic acids is 3. The van der Waals surface area contributed by atoms with Crippen molar-refractivity contribution in [2.75, 3.05) is 50.7 Å². The average molecular weight is 557 g/mol. The molecule has 10 nitrogen and oxygen atoms in total. The van der Waals surface area contributed by atoms with Crippen molar-refractivity contribution >= 4 is 34.5 Å². The highest BCUT2D eigenvalue weighted by Crippen LogP contribution is 2.34. The van der Waals surface area contributed by atoms with Crippen LogP contribution in [-0.2, 0) is 21.4 Å². The molecular formula is C29H41FN6O4. The molecule has 1 aromatic heterocycles. The van der Waals surface area contributed by atoms with E-state index in [1.54, 1.807) is 11.7 Å². The van der Waals surface area contributed by atoms with E-state index in [0.717, 1.165) is 31.6 Å². The number of piperazine rings is 1. The van der Waals surface area contributed by atoms with Crippen molar-refractivity contribution in [2.24, 2.45) is 18.9 Å². The first kappa shape index (κ1) is 28.3. The number of rotatable bonds is 4. The molecule has 3 saturated heterocycles. The molecule has 3 atom stereocenters. The number of fused-ring (bicyclic) bond motifs is 1. The minimum atomic E-state index is -0.561. The lowest BCUT2D eigenvalue weighted by Crippen LogP contribution is -2.51. The first-order valence-corrected chi connectivity index (χ1v) is 14.3. The maximum atomic E-state index is 15.5. The monoisotopic (exact) mass is 556 g/mol. The zero-order valence-electron chi connectivity index (χ0n) is 24.2. The highest BCUT2D eigenvalue weighted by atomic mass is 19.1. The van der Waals surface area contributed by atoms with Crippen molar-refractivity contribution in [3.63, 3.8) is 0 Å². The predicted octanol–water partition coefficient (Wildman–Crippen LogP) is 3.25. The molecule has 3 aliphatic rings. The van der Waals surface area contributed by atoms with Gasteiger partial charge in [-0.15, -0.1) is 0 Å². The Balaban J connectivity index is 1.20. The molecule has 5 rings (SSSR count). The molecule has 0 saturated carbocycles. The van der Waals surface area contributed by atoms with E-state index in [4.69, 9.17) is 4.74 Å². The third-order valence-corrected chi connectivity index (χ3v) is 8.46. The molecule has 2 aromatic rings. The summed E-state index contributed by atoms with van der Waals surface area (Å²) in [6.07, 6.45) is 1.34. The van der Waals surface area contributed by atoms with Crippen LogP contribution >= 0.6 is 0 Å². The maximum Gasteiger partial charge on any atom is 0.410 e. The summed E-state index contributed by atoms with van der Waals surface area (Å²) in [7, 11) is 1.80. The first-order chi connectivity index (χ1) is 18.9. The van der Waals surface area contributed by atoms with Crippen molar-refractivity contribution in [3.8, 4) is 0 Å². The van der Waals surface area contributed by atoms with E-state index in [1.807, 2.05) is 31.7 Å². The van der Waals surface area contributed by atoms with Gasteiger partial charge in [0.2, 0.25) is 11.8 Å². The van der Waals surface area contributed by atoms with Gasteiger partial charge in [0.15, 0.2) is 0 Å². The number of likely N-dealkylation sites (tertiary alicyclic amines) is 1. The van der Waals surface area contributed by atoms with Crippen molar-refractivity contribution in [3.05, 3.63) is 23.6 Å². The highest BCUT2D eigenvalue weighted by molar-refractivity contribution is 6.02. The van der Waals surface area contributed by atoms with Gasteiger partial charge in [-0.3, -0.25) is 24.5 Å². The molecule has 4 heterocycles. The normalized spacial score (nSPS) is 24.9. The Hall–Kier alpha value is -3.21. The molecular weight excluding hydrogens is 515 g/mol. The molecule has 0 aliphatic carbocycles. The van der Waals surface area contributed by atoms with Crippen LogP contribution in [0.2, 0.25) is 0 Å². The van der Waals surface area contributed by atoms with Crippen LogP contribution in [0.4, 0.5) is 14.9 Å². The molecule has 3 fully saturated rings. The van der Waals surface area contributed by atoms with E-state index in [0.29, 0.717) is 61.2 Å². The number of aryl methyl sites for hydroxylation is 1. The van der Waals surface area contributed by atoms with Crippen molar-refractivity contribution in [1.82, 2.24) is 24.9 Å². The van der Waals surface area contributed by atoms with E-state index >= 15 is 4.39 Å². The van der Waals surface area contributed by atoms with Gasteiger partial charge >= 0.3 is 6.09 Å². The van der Waals surface area contributed by atoms with Gasteiger partial charge in [-0.2, -0.15) is 5.10 Å². The highest BCUT2D eigenvalue weighted by Gasteiger charge is 2.34. The van der Waals surface area contributed by atoms with Gasteiger partial charge in [-0.05, 0) is 57.6 Å². The third-order valence-electron chi connectivity index (χ3n) is 8.46. The fraction of sp³-hybridized carbons (Fsp3) is 0.655. The van der Waals surface area contributed by atoms with Crippen LogP contribution in [0.3, 0.4) is 0 Å². The minimum Gasteiger partial charge on any atom is -0.444 e. The standard InChI is InChI=1S/C29H41FN6O4/c1-18-16-36(28(39)40-29(2,3)4)9-8-19(18)17-34-10-12-35(13-11-34)24-15-23-21(14-22(24)30)26(32-33(23)5)20-6-7-25(37)31-27(20)38/h14-15,18-20H,6-13,16-17H2,1-5H3,(H,31,37,38)/t18-,19-,20?/m1/s1. The van der Waals surface area contributed by atoms with E-state index < -0.39 is 11.5 Å². The average Bonchev–Trinajstić information content (AvgIpc) is 3.19. The number of ether oxygens (including phenoxy) is 1. The molecule has 1 unspecified atom stereocenters. The number of amides is 3. The second kappa shape index (κ2) is 11.0. The molecule has 0 radical (unpaired) electrons. The molecule has 218 valence electrons. The summed E-state index contributed by atoms with van der Waals surface area (Å²) in [6.45, 7) is 13.4. The number of nitrogens with one attached hydrogen (secondary N) is 1. The maximum absolute atomic E-state index is 15.5. The fourth-order valence-corrected chi connectivity index (χ4v) is 6.21. The Bertz CT molecular complexity index is 1300. The van der Waals surface area contributed by atoms with E-state index in [9.17, 15) is 14.4 Å². The summed E-state index contributed by atoms with van der Waals surface area (Å²) in [4.78, 5) is 42.9. The number of hydrogen-bond donors (Lipinski definition) is 1. The van der Waals surface area contributed by atoms with Gasteiger partial charge in [0.05, 0.1) is 22.8 Å². The Kier molecular flexibility index (Phi) is 7.78. The summed E-state index contributed by atoms with van der Waals surface area (Å²) in [6, 6.07) is 3.32. The second-order valence-electron chi connectivity index (χ2n) is 12.6. The van der Waals surface area contributed by atoms with Gasteiger partial charge in [0.25, 0.3) is 0 Å². The van der Waals surface area contributed by atoms with Crippen molar-refractivity contribution in [2.45, 2.75) is 58.5 Å². The number of benzene rings is 1. The predicted molar refractivity (Wildman–Crippen MR) is 150 cm³/mol. The summed E-state index contributed by atoms with van der Waals surface area (Å²) in [5.74, 6) is -0.670. The number of piperidine rings is 2. The molecule has 1 aromatic carbocycles. The van der Waals surface area contributed by atoms with Gasteiger partial charge in [-0.25, -0.2) is 9.18 Å². The fourth-order valence-electron chi connectivity index (χ4n) is 6.21. The summed E-state index contributed by atoms with van der Waals surface area (Å²) in [5, 5.41) is 7.54. The summed E-state index contributed by atoms with van der Waals surface area (Å²) in [5.41, 5.74) is 1.34. The number of aromatic nitrogens is 2. The van der Waals surface area contributed by atoms with Crippen LogP contribution in [0, 0.1) is 17.7 Å². The summed E-state index contributed by atoms with van der Waals surface area (Å²) < 4.78 is 22.7. The second-order valence-corrected chi connectivity index (χ2v) is 12.6. The molecule has 1 N–H and O–H groups in total. The largest absolute Gasteiger partial charge is 0.444 e. The molecule has 0 bridgehead atoms. The van der Waals surface area contributed by atoms with Gasteiger partial charge < -0.3 is 14.5 Å². The molecule has 3 aliphatic heterocycles. The first-order valence-electron chi connectivity index (χ1n) is 14.3. The Labute approximate surface area is 234 Å². The SMILES string of the molecule is C[C@@H]1CN(C(=O)OC(C)(C)C)CC[C@@H]1CN1CCN(c2cc3c(cc2F)c(C2CCC(=O)NC2=O)nn3C)CC1. The molecule has 0 spiro atoms. The van der Waals surface area contributed by atoms with Crippen LogP contribution in [0.25, 0.3) is 10.9 Å². The smallest absolute Gasteiger partial charge is 0.410 e. The summed E-state index contributed by atoms with van der Waals surface area (Å²) >= 11 is 0. The number of hydrogen-bond acceptors (Lipinski definition) is 7. The van der Waals surface area contributed by atoms with E-state index in [1.165, 1.54) is 6.07 Å². The number of carbonyl (C=O) groups is 3. The lowest BCUT2D eigenvalue weighted by Gasteiger charge is -2.42. The van der Waals surface area contributed by atoms with Crippen molar-refractivity contribution in [1.29, 1.82) is 0 Å². The van der Waals surface area contributed by atoms with Crippen LogP contribution in [-0.4, -0.2) is 88.9 Å². The van der Waals surface area contributed by atoms with Gasteiger partial charge in [-0.1, -0.05) is 6.92 Å². The van der Waals surface area contributed by atoms with E-state index in [-0.39, 0.29) is 30.1 Å². The van der Waals surface area contributed by atoms with Gasteiger partial charge in [0, 0.05) is 64.7 Å². The molecule has 11 heteroatoms. The van der Waals surface area contributed by atoms with E-state index in [2.05, 4.69) is 27.1 Å². The van der Waals surface area contributed by atoms with Crippen molar-refractivity contribution < 1.29 is 23.5 Å². The Morgan fingerprint density at radius 3 is 2.50 bits per heavy atom. The topological polar surface area (TPSA) is 100 Å². The number of anilines is 1. The lowest BCUT2D eigenvalue weighted by atomic mass is 9.86.